The Balaban J connectivity index is 1.70. The summed E-state index contributed by atoms with van der Waals surface area (Å²) in [5.74, 6) is -0.752. The molecule has 2 aromatic rings. The fourth-order valence-corrected chi connectivity index (χ4v) is 5.41. The molecule has 1 aromatic carbocycles. The monoisotopic (exact) mass is 393 g/mol. The molecule has 146 valence electrons. The van der Waals surface area contributed by atoms with Gasteiger partial charge >= 0.3 is 0 Å². The molecule has 1 aromatic heterocycles. The van der Waals surface area contributed by atoms with Crippen molar-refractivity contribution in [3.63, 3.8) is 0 Å². The SMILES string of the molecule is Cc1n[nH]c(C)c1CCC(=O)N1CCC(c2ccccc2F)S(=O)(=O)CC1. The Hall–Kier alpha value is -2.22. The predicted molar refractivity (Wildman–Crippen MR) is 101 cm³/mol. The average molecular weight is 393 g/mol. The number of benzene rings is 1. The second-order valence-electron chi connectivity index (χ2n) is 6.96. The third kappa shape index (κ3) is 4.21. The highest BCUT2D eigenvalue weighted by molar-refractivity contribution is 7.91. The van der Waals surface area contributed by atoms with Gasteiger partial charge in [0.15, 0.2) is 9.84 Å². The van der Waals surface area contributed by atoms with E-state index in [2.05, 4.69) is 10.2 Å². The lowest BCUT2D eigenvalue weighted by atomic mass is 10.1. The standard InChI is InChI=1S/C19H24FN3O3S/c1-13-15(14(2)22-21-13)7-8-19(24)23-10-9-18(27(25,26)12-11-23)16-5-3-4-6-17(16)20/h3-6,18H,7-12H2,1-2H3,(H,21,22). The molecule has 1 atom stereocenters. The van der Waals surface area contributed by atoms with Crippen LogP contribution in [-0.2, 0) is 21.1 Å². The number of hydrogen-bond acceptors (Lipinski definition) is 4. The Morgan fingerprint density at radius 3 is 2.70 bits per heavy atom. The van der Waals surface area contributed by atoms with Crippen LogP contribution in [0, 0.1) is 19.7 Å². The molecule has 3 rings (SSSR count). The van der Waals surface area contributed by atoms with Crippen molar-refractivity contribution >= 4 is 15.7 Å². The van der Waals surface area contributed by atoms with Gasteiger partial charge in [0, 0.05) is 30.8 Å². The molecule has 1 N–H and O–H groups in total. The van der Waals surface area contributed by atoms with Gasteiger partial charge in [0.25, 0.3) is 0 Å². The zero-order chi connectivity index (χ0) is 19.6. The van der Waals surface area contributed by atoms with Gasteiger partial charge < -0.3 is 4.90 Å². The van der Waals surface area contributed by atoms with Crippen molar-refractivity contribution in [2.45, 2.75) is 38.4 Å². The minimum Gasteiger partial charge on any atom is -0.342 e. The number of rotatable bonds is 4. The molecule has 1 amide bonds. The van der Waals surface area contributed by atoms with Crippen LogP contribution in [0.3, 0.4) is 0 Å². The van der Waals surface area contributed by atoms with Crippen molar-refractivity contribution in [2.75, 3.05) is 18.8 Å². The van der Waals surface area contributed by atoms with E-state index in [0.717, 1.165) is 17.0 Å². The summed E-state index contributed by atoms with van der Waals surface area (Å²) in [5.41, 5.74) is 3.03. The molecule has 1 unspecified atom stereocenters. The second-order valence-corrected chi connectivity index (χ2v) is 9.26. The molecule has 0 saturated carbocycles. The summed E-state index contributed by atoms with van der Waals surface area (Å²) in [6.45, 7) is 4.26. The summed E-state index contributed by atoms with van der Waals surface area (Å²) < 4.78 is 39.4. The van der Waals surface area contributed by atoms with Crippen molar-refractivity contribution in [2.24, 2.45) is 0 Å². The summed E-state index contributed by atoms with van der Waals surface area (Å²) >= 11 is 0. The van der Waals surface area contributed by atoms with Crippen LogP contribution in [0.5, 0.6) is 0 Å². The van der Waals surface area contributed by atoms with Gasteiger partial charge in [-0.25, -0.2) is 12.8 Å². The number of amides is 1. The van der Waals surface area contributed by atoms with Crippen molar-refractivity contribution in [1.82, 2.24) is 15.1 Å². The third-order valence-electron chi connectivity index (χ3n) is 5.21. The van der Waals surface area contributed by atoms with Gasteiger partial charge in [0.1, 0.15) is 5.82 Å². The minimum atomic E-state index is -3.52. The Kier molecular flexibility index (Phi) is 5.64. The molecule has 6 nitrogen and oxygen atoms in total. The topological polar surface area (TPSA) is 83.1 Å². The van der Waals surface area contributed by atoms with Gasteiger partial charge in [0.2, 0.25) is 5.91 Å². The zero-order valence-electron chi connectivity index (χ0n) is 15.5. The first-order valence-electron chi connectivity index (χ1n) is 9.04. The van der Waals surface area contributed by atoms with E-state index in [1.807, 2.05) is 13.8 Å². The fraction of sp³-hybridized carbons (Fsp3) is 0.474. The van der Waals surface area contributed by atoms with E-state index in [1.165, 1.54) is 18.2 Å². The van der Waals surface area contributed by atoms with Gasteiger partial charge in [-0.1, -0.05) is 18.2 Å². The van der Waals surface area contributed by atoms with Crippen molar-refractivity contribution in [1.29, 1.82) is 0 Å². The number of carbonyl (C=O) groups excluding carboxylic acids is 1. The summed E-state index contributed by atoms with van der Waals surface area (Å²) in [4.78, 5) is 14.2. The van der Waals surface area contributed by atoms with E-state index in [-0.39, 0.29) is 30.2 Å². The number of aromatic amines is 1. The number of aromatic nitrogens is 2. The van der Waals surface area contributed by atoms with Crippen LogP contribution in [0.4, 0.5) is 4.39 Å². The maximum absolute atomic E-state index is 14.1. The molecule has 0 bridgehead atoms. The lowest BCUT2D eigenvalue weighted by Crippen LogP contribution is -2.33. The van der Waals surface area contributed by atoms with Crippen molar-refractivity contribution in [3.05, 3.63) is 52.6 Å². The smallest absolute Gasteiger partial charge is 0.222 e. The quantitative estimate of drug-likeness (QED) is 0.865. The maximum atomic E-state index is 14.1. The highest BCUT2D eigenvalue weighted by atomic mass is 32.2. The van der Waals surface area contributed by atoms with E-state index < -0.39 is 20.9 Å². The van der Waals surface area contributed by atoms with Gasteiger partial charge in [-0.05, 0) is 38.3 Å². The molecule has 1 fully saturated rings. The van der Waals surface area contributed by atoms with Crippen LogP contribution in [0.1, 0.15) is 40.6 Å². The number of H-pyrrole nitrogens is 1. The Morgan fingerprint density at radius 2 is 2.04 bits per heavy atom. The highest BCUT2D eigenvalue weighted by Crippen LogP contribution is 2.31. The lowest BCUT2D eigenvalue weighted by molar-refractivity contribution is -0.130. The van der Waals surface area contributed by atoms with Crippen LogP contribution in [-0.4, -0.2) is 48.3 Å². The van der Waals surface area contributed by atoms with Crippen LogP contribution in [0.15, 0.2) is 24.3 Å². The summed E-state index contributed by atoms with van der Waals surface area (Å²) in [6.07, 6.45) is 1.07. The Labute approximate surface area is 158 Å². The zero-order valence-corrected chi connectivity index (χ0v) is 16.4. The second kappa shape index (κ2) is 7.80. The van der Waals surface area contributed by atoms with E-state index in [4.69, 9.17) is 0 Å². The third-order valence-corrected chi connectivity index (χ3v) is 7.32. The number of nitrogens with one attached hydrogen (secondary N) is 1. The van der Waals surface area contributed by atoms with Gasteiger partial charge in [-0.2, -0.15) is 5.10 Å². The van der Waals surface area contributed by atoms with Crippen molar-refractivity contribution in [3.8, 4) is 0 Å². The van der Waals surface area contributed by atoms with Crippen LogP contribution < -0.4 is 0 Å². The lowest BCUT2D eigenvalue weighted by Gasteiger charge is -2.20. The summed E-state index contributed by atoms with van der Waals surface area (Å²) in [6, 6.07) is 5.96. The van der Waals surface area contributed by atoms with Gasteiger partial charge in [-0.3, -0.25) is 9.89 Å². The van der Waals surface area contributed by atoms with Gasteiger partial charge in [-0.15, -0.1) is 0 Å². The van der Waals surface area contributed by atoms with Crippen LogP contribution in [0.25, 0.3) is 0 Å². The van der Waals surface area contributed by atoms with Crippen LogP contribution in [0.2, 0.25) is 0 Å². The molecule has 8 heteroatoms. The number of nitrogens with zero attached hydrogens (tertiary/aromatic N) is 2. The highest BCUT2D eigenvalue weighted by Gasteiger charge is 2.34. The molecule has 1 saturated heterocycles. The molecule has 2 heterocycles. The molecule has 0 aliphatic carbocycles. The molecule has 0 radical (unpaired) electrons. The average Bonchev–Trinajstić information content (AvgIpc) is 2.85. The molecule has 1 aliphatic rings. The minimum absolute atomic E-state index is 0.0839. The molecule has 1 aliphatic heterocycles. The number of sulfone groups is 1. The van der Waals surface area contributed by atoms with Crippen molar-refractivity contribution < 1.29 is 17.6 Å². The first-order valence-corrected chi connectivity index (χ1v) is 10.8. The Morgan fingerprint density at radius 1 is 1.30 bits per heavy atom. The van der Waals surface area contributed by atoms with Crippen LogP contribution >= 0.6 is 0 Å². The first kappa shape index (κ1) is 19.5. The molecule has 0 spiro atoms. The first-order chi connectivity index (χ1) is 12.8. The number of hydrogen-bond donors (Lipinski definition) is 1. The Bertz CT molecular complexity index is 920. The molecular formula is C19H24FN3O3S. The van der Waals surface area contributed by atoms with E-state index >= 15 is 0 Å². The number of aryl methyl sites for hydroxylation is 2. The fourth-order valence-electron chi connectivity index (χ4n) is 3.61. The number of carbonyl (C=O) groups is 1. The largest absolute Gasteiger partial charge is 0.342 e. The van der Waals surface area contributed by atoms with E-state index in [9.17, 15) is 17.6 Å². The summed E-state index contributed by atoms with van der Waals surface area (Å²) in [5, 5.41) is 6.12. The van der Waals surface area contributed by atoms with E-state index in [1.54, 1.807) is 11.0 Å². The summed E-state index contributed by atoms with van der Waals surface area (Å²) in [7, 11) is -3.52. The number of halogens is 1. The van der Waals surface area contributed by atoms with Gasteiger partial charge in [0.05, 0.1) is 16.7 Å². The predicted octanol–water partition coefficient (Wildman–Crippen LogP) is 2.49. The molecular weight excluding hydrogens is 369 g/mol. The maximum Gasteiger partial charge on any atom is 0.222 e. The normalized spacial score (nSPS) is 19.7. The molecule has 27 heavy (non-hydrogen) atoms. The van der Waals surface area contributed by atoms with E-state index in [0.29, 0.717) is 19.4 Å².